The Kier molecular flexibility index (Phi) is 40.2. The molecule has 0 unspecified atom stereocenters. The number of likely N-dealkylation sites (tertiary alicyclic amines) is 3. The van der Waals surface area contributed by atoms with E-state index >= 15 is 0 Å². The van der Waals surface area contributed by atoms with Crippen LogP contribution in [0.15, 0.2) is 48.5 Å². The number of fused-ring (bicyclic) bond motifs is 6. The topological polar surface area (TPSA) is 576 Å². The second kappa shape index (κ2) is 49.6. The fraction of sp³-hybridized carbons (Fsp3) is 0.679. The van der Waals surface area contributed by atoms with Gasteiger partial charge in [-0.05, 0) is 237 Å². The van der Waals surface area contributed by atoms with E-state index in [1.54, 1.807) is 65.0 Å². The van der Waals surface area contributed by atoms with Crippen LogP contribution in [-0.4, -0.2) is 285 Å². The van der Waals surface area contributed by atoms with Crippen molar-refractivity contribution in [2.45, 2.75) is 266 Å². The average Bonchev–Trinajstić information content (AvgIpc) is 1.53. The second-order valence-electron chi connectivity index (χ2n) is 45.4. The van der Waals surface area contributed by atoms with E-state index in [9.17, 15) is 86.3 Å². The van der Waals surface area contributed by atoms with Crippen molar-refractivity contribution in [2.24, 2.45) is 116 Å². The number of aromatic nitrogens is 2. The minimum absolute atomic E-state index is 0. The van der Waals surface area contributed by atoms with E-state index in [0.29, 0.717) is 112 Å². The number of carboxylic acids is 1. The highest BCUT2D eigenvalue weighted by atomic mass is 35.5. The number of esters is 5. The van der Waals surface area contributed by atoms with Crippen molar-refractivity contribution >= 4 is 153 Å². The van der Waals surface area contributed by atoms with Gasteiger partial charge in [0, 0.05) is 103 Å². The number of amides is 9. The van der Waals surface area contributed by atoms with Crippen LogP contribution in [0.1, 0.15) is 228 Å². The molecule has 17 rings (SSSR count). The number of nitrogens with one attached hydrogen (secondary N) is 8. The predicted octanol–water partition coefficient (Wildman–Crippen LogP) is 9.05. The van der Waals surface area contributed by atoms with Gasteiger partial charge >= 0.3 is 48.0 Å². The number of carbonyl (C=O) groups excluding carboxylic acids is 17. The van der Waals surface area contributed by atoms with Crippen molar-refractivity contribution < 1.29 is 134 Å². The minimum Gasteiger partial charge on any atom is -0.496 e. The van der Waals surface area contributed by atoms with Crippen LogP contribution in [0.25, 0.3) is 21.8 Å². The zero-order chi connectivity index (χ0) is 109. The molecule has 9 amide bonds. The number of H-pyrrole nitrogens is 2. The van der Waals surface area contributed by atoms with E-state index in [4.69, 9.17) is 49.7 Å². The number of hydrogen-bond donors (Lipinski definition) is 11. The molecule has 13 aliphatic rings. The number of hydrogen-bond acceptors (Lipinski definition) is 29. The zero-order valence-corrected chi connectivity index (χ0v) is 91.3. The van der Waals surface area contributed by atoms with Gasteiger partial charge in [-0.1, -0.05) is 74.4 Å². The maximum absolute atomic E-state index is 13.6. The molecule has 149 heavy (non-hydrogen) atoms. The second-order valence-corrected chi connectivity index (χ2v) is 45.4. The molecule has 826 valence electrons. The summed E-state index contributed by atoms with van der Waals surface area (Å²) in [6, 6.07) is 8.85. The summed E-state index contributed by atoms with van der Waals surface area (Å²) in [7, 11) is 9.64. The molecular formula is C106H155Cl2N13O28. The standard InChI is InChI=1S/C27H33N3O6.C22H34N2O6.C17H26N2O4.C13H22N2O3.C10H9NO3.C9H15NO3.C8H14N2O3.2ClH/c1-27(2)16-13-30(25(33)18-12-15-17(28-18)8-6-10-21(15)35-3)23(22(16)27)24(32)29-19(26(34)36-4)11-14-7-5-9-20(14)31;1-21(2,3)30-20(28)24-11-13-16(22(13,4)5)17(24)18(26)23-14(19(27)29-6)10-12-8-7-9-15(12)25;1-17(2)10-8-18-14(13(10)17)15(21)19-11(16(22)23-3)7-9-5-4-6-12(9)20;1-12(2,3)18-11(17)15-6-7-8(13(7,4)5)9(15)10(14)16;1-14-9-4-2-3-7-6(9)5-8(11-7)10(12)13;1-6(9(12)13-2)5-7-3-4-10-8(7)11;1-13-8(12)6(9)4-5-2-3-10-7(5)11;;/h6,8,10,12,14,16,19,22-23,28H,5,7,9,11,13H2,1-4H3,(H,29,32);12-14,16-17H,7-11H2,1-6H3,(H,23,26);9-11,13-14,18H,4-8H2,1-3H3,(H,19,21);7-9H,6H2,1-5H3,(H2,14,16);2-5,11H,1H3,(H,12,13);6-7H,3-5H2,1-2H3,(H,10,11);5-6H,2-4,9H2,1H3,(H,10,11);2*1H/t14-,16-,19-,22-,23-;12-,13-,14-,16-,17-;9-,10-,11-,13-,14-;7-,8-,9-;;6-,7-;5-,6-;;/m0000.00../s1. The molecule has 22 atom stereocenters. The smallest absolute Gasteiger partial charge is 0.410 e. The molecule has 6 aliphatic heterocycles. The van der Waals surface area contributed by atoms with E-state index in [1.807, 2.05) is 51.1 Å². The molecule has 13 N–H and O–H groups in total. The van der Waals surface area contributed by atoms with Gasteiger partial charge in [-0.2, -0.15) is 0 Å². The van der Waals surface area contributed by atoms with Gasteiger partial charge in [0.15, 0.2) is 0 Å². The first-order chi connectivity index (χ1) is 69.0. The highest BCUT2D eigenvalue weighted by Gasteiger charge is 2.73. The fourth-order valence-electron chi connectivity index (χ4n) is 23.6. The normalized spacial score (nSPS) is 27.3. The first-order valence-electron chi connectivity index (χ1n) is 51.0. The Morgan fingerprint density at radius 1 is 0.450 bits per heavy atom. The monoisotopic (exact) mass is 2130 g/mol. The number of ketones is 3. The number of aromatic amines is 2. The number of Topliss-reactive ketones (excluding diaryl/α,β-unsaturated/α-hetero) is 3. The van der Waals surface area contributed by atoms with Crippen LogP contribution in [0.3, 0.4) is 0 Å². The van der Waals surface area contributed by atoms with Crippen molar-refractivity contribution in [3.8, 4) is 11.5 Å². The van der Waals surface area contributed by atoms with Gasteiger partial charge in [-0.3, -0.25) is 67.3 Å². The maximum atomic E-state index is 13.6. The number of rotatable bonds is 26. The van der Waals surface area contributed by atoms with Crippen LogP contribution in [0.2, 0.25) is 0 Å². The lowest BCUT2D eigenvalue weighted by Crippen LogP contribution is -2.54. The Hall–Kier alpha value is -11.7. The van der Waals surface area contributed by atoms with Crippen LogP contribution in [0.5, 0.6) is 11.5 Å². The summed E-state index contributed by atoms with van der Waals surface area (Å²) in [6.07, 6.45) is 8.68. The minimum atomic E-state index is -0.969. The number of aromatic carboxylic acids is 1. The molecule has 4 aromatic rings. The average molecular weight is 2130 g/mol. The molecule has 0 spiro atoms. The van der Waals surface area contributed by atoms with Crippen molar-refractivity contribution in [1.82, 2.24) is 56.6 Å². The van der Waals surface area contributed by atoms with Crippen LogP contribution < -0.4 is 52.8 Å². The molecule has 43 heteroatoms. The number of nitrogens with two attached hydrogens (primary N) is 2. The molecule has 2 aromatic carbocycles. The van der Waals surface area contributed by atoms with Crippen LogP contribution in [0.4, 0.5) is 9.59 Å². The SMILES string of the molecule is CC(C)(C)OC(=O)N1C[C@H]2[C@@H]([C@H]1C(N)=O)C2(C)C.COC(=O)[C@@H](C)C[C@@H]1CCNC1=O.COC(=O)[C@@H](N)C[C@@H]1CCNC1=O.COC(=O)[C@H](C[C@@H]1CCCC1=O)NC(=O)[C@@H]1[C@@H]2[C@H](CN1C(=O)OC(C)(C)C)C2(C)C.COC(=O)[C@H](C[C@@H]1CCCC1=O)NC(=O)[C@@H]1[C@@H]2[C@H](CN1C(=O)c1cc3c(OC)cccc3[nH]1)C2(C)C.COC(=O)[C@H](C[C@@H]1CCCC1=O)NC(=O)[C@H]1NC[C@H]2[C@@H]1C2(C)C.COc1cccc2[nH]c(C(=O)O)cc12.Cl.Cl. The zero-order valence-electron chi connectivity index (χ0n) is 89.7. The molecule has 7 aliphatic carbocycles. The number of carboxylic acid groups (broad SMARTS) is 1. The summed E-state index contributed by atoms with van der Waals surface area (Å²) >= 11 is 0. The summed E-state index contributed by atoms with van der Waals surface area (Å²) in [6.45, 7) is 33.3. The van der Waals surface area contributed by atoms with E-state index in [-0.39, 0.29) is 195 Å². The summed E-state index contributed by atoms with van der Waals surface area (Å²) in [5.41, 5.74) is 12.0. The van der Waals surface area contributed by atoms with Crippen LogP contribution in [-0.2, 0) is 100 Å². The first-order valence-corrected chi connectivity index (χ1v) is 51.0. The van der Waals surface area contributed by atoms with Gasteiger partial charge in [0.05, 0.1) is 61.7 Å². The fourth-order valence-corrected chi connectivity index (χ4v) is 23.6. The molecule has 13 fully saturated rings. The Morgan fingerprint density at radius 2 is 0.805 bits per heavy atom. The number of carbonyl (C=O) groups is 18. The van der Waals surface area contributed by atoms with Gasteiger partial charge in [0.25, 0.3) is 5.91 Å². The largest absolute Gasteiger partial charge is 0.496 e. The van der Waals surface area contributed by atoms with Crippen molar-refractivity contribution in [2.75, 3.05) is 89.0 Å². The lowest BCUT2D eigenvalue weighted by molar-refractivity contribution is -0.147. The third-order valence-electron chi connectivity index (χ3n) is 32.3. The van der Waals surface area contributed by atoms with Gasteiger partial charge in [0.2, 0.25) is 35.4 Å². The Labute approximate surface area is 881 Å². The molecule has 6 saturated heterocycles. The lowest BCUT2D eigenvalue weighted by atomic mass is 9.95. The van der Waals surface area contributed by atoms with Gasteiger partial charge in [0.1, 0.15) is 93.7 Å². The molecule has 7 saturated carbocycles. The summed E-state index contributed by atoms with van der Waals surface area (Å²) in [5, 5.41) is 27.5. The predicted molar refractivity (Wildman–Crippen MR) is 549 cm³/mol. The molecule has 0 radical (unpaired) electrons. The summed E-state index contributed by atoms with van der Waals surface area (Å²) in [5.74, 6) is -2.22. The van der Waals surface area contributed by atoms with E-state index in [1.165, 1.54) is 45.3 Å². The van der Waals surface area contributed by atoms with Gasteiger partial charge in [-0.15, -0.1) is 24.8 Å². The molecule has 41 nitrogen and oxygen atoms in total. The Balaban J connectivity index is 0.000000199. The Bertz CT molecular complexity index is 5560. The van der Waals surface area contributed by atoms with E-state index in [2.05, 4.69) is 107 Å². The summed E-state index contributed by atoms with van der Waals surface area (Å²) in [4.78, 5) is 228. The summed E-state index contributed by atoms with van der Waals surface area (Å²) < 4.78 is 45.0. The highest BCUT2D eigenvalue weighted by Crippen LogP contribution is 2.68. The van der Waals surface area contributed by atoms with Crippen LogP contribution >= 0.6 is 24.8 Å². The quantitative estimate of drug-likeness (QED) is 0.0206. The van der Waals surface area contributed by atoms with Crippen molar-refractivity contribution in [3.63, 3.8) is 0 Å². The molecule has 0 bridgehead atoms. The lowest BCUT2D eigenvalue weighted by Gasteiger charge is -2.32. The first kappa shape index (κ1) is 121. The van der Waals surface area contributed by atoms with Gasteiger partial charge in [-0.25, -0.2) is 28.8 Å². The number of methoxy groups -OCH3 is 7. The van der Waals surface area contributed by atoms with E-state index in [0.717, 1.165) is 73.4 Å². The maximum Gasteiger partial charge on any atom is 0.410 e. The molecule has 2 aromatic heterocycles. The number of nitrogens with zero attached hydrogens (tertiary/aromatic N) is 3. The molecule has 8 heterocycles. The van der Waals surface area contributed by atoms with Crippen molar-refractivity contribution in [1.29, 1.82) is 0 Å². The number of benzene rings is 2. The third-order valence-corrected chi connectivity index (χ3v) is 32.3. The van der Waals surface area contributed by atoms with Gasteiger partial charge < -0.3 is 106 Å². The number of piperidine rings is 4. The number of halogens is 2. The van der Waals surface area contributed by atoms with E-state index < -0.39 is 101 Å². The number of ether oxygens (including phenoxy) is 9. The van der Waals surface area contributed by atoms with Crippen molar-refractivity contribution in [3.05, 3.63) is 59.9 Å². The Morgan fingerprint density at radius 3 is 1.15 bits per heavy atom. The highest BCUT2D eigenvalue weighted by molar-refractivity contribution is 6.03. The van der Waals surface area contributed by atoms with Crippen LogP contribution in [0, 0.1) is 105 Å². The number of primary amides is 1. The molecular weight excluding hydrogens is 1970 g/mol. The third kappa shape index (κ3) is 28.2.